The van der Waals surface area contributed by atoms with Crippen molar-refractivity contribution in [3.8, 4) is 0 Å². The molecule has 0 radical (unpaired) electrons. The summed E-state index contributed by atoms with van der Waals surface area (Å²) in [6.45, 7) is 2.65. The lowest BCUT2D eigenvalue weighted by Gasteiger charge is -2.39. The number of carbonyl (C=O) groups excluding carboxylic acids is 1. The van der Waals surface area contributed by atoms with E-state index < -0.39 is 5.97 Å². The van der Waals surface area contributed by atoms with Gasteiger partial charge in [0, 0.05) is 25.3 Å². The molecule has 4 rings (SSSR count). The molecular weight excluding hydrogens is 427 g/mol. The Kier molecular flexibility index (Phi) is 6.02. The number of aliphatic carboxylic acids is 1. The summed E-state index contributed by atoms with van der Waals surface area (Å²) in [6.07, 6.45) is 1.80. The predicted molar refractivity (Wildman–Crippen MR) is 115 cm³/mol. The number of piperidine rings is 1. The first-order valence-corrected chi connectivity index (χ1v) is 10.6. The molecule has 0 aliphatic carbocycles. The second-order valence-corrected chi connectivity index (χ2v) is 8.51. The number of amides is 1. The summed E-state index contributed by atoms with van der Waals surface area (Å²) in [5.74, 6) is -1.13. The van der Waals surface area contributed by atoms with Crippen molar-refractivity contribution in [3.05, 3.63) is 63.1 Å². The average Bonchev–Trinajstić information content (AvgIpc) is 3.05. The zero-order valence-corrected chi connectivity index (χ0v) is 17.8. The molecule has 2 aromatic carbocycles. The maximum absolute atomic E-state index is 12.6. The predicted octanol–water partition coefficient (Wildman–Crippen LogP) is 4.54. The Morgan fingerprint density at radius 2 is 1.83 bits per heavy atom. The highest BCUT2D eigenvalue weighted by molar-refractivity contribution is 6.40. The molecule has 0 atom stereocenters. The zero-order valence-electron chi connectivity index (χ0n) is 16.3. The molecule has 1 amide bonds. The summed E-state index contributed by atoms with van der Waals surface area (Å²) in [5, 5.41) is 12.4. The van der Waals surface area contributed by atoms with Gasteiger partial charge in [-0.15, -0.1) is 0 Å². The van der Waals surface area contributed by atoms with Crippen LogP contribution in [0.1, 0.15) is 40.7 Å². The molecule has 30 heavy (non-hydrogen) atoms. The molecule has 0 saturated carbocycles. The van der Waals surface area contributed by atoms with Crippen molar-refractivity contribution in [1.82, 2.24) is 4.90 Å². The van der Waals surface area contributed by atoms with Crippen molar-refractivity contribution in [2.45, 2.75) is 31.5 Å². The third-order valence-corrected chi connectivity index (χ3v) is 6.48. The normalized spacial score (nSPS) is 17.7. The van der Waals surface area contributed by atoms with Crippen LogP contribution in [0, 0.1) is 0 Å². The van der Waals surface area contributed by atoms with Crippen molar-refractivity contribution in [3.63, 3.8) is 0 Å². The number of carbonyl (C=O) groups is 2. The number of fused-ring (bicyclic) bond motifs is 2. The first kappa shape index (κ1) is 21.1. The minimum atomic E-state index is -0.773. The maximum atomic E-state index is 12.6. The summed E-state index contributed by atoms with van der Waals surface area (Å²) in [5.41, 5.74) is 2.78. The van der Waals surface area contributed by atoms with Crippen LogP contribution in [0.25, 0.3) is 0 Å². The number of halogens is 2. The monoisotopic (exact) mass is 448 g/mol. The molecule has 0 bridgehead atoms. The third-order valence-electron chi connectivity index (χ3n) is 5.85. The van der Waals surface area contributed by atoms with Crippen molar-refractivity contribution < 1.29 is 19.4 Å². The van der Waals surface area contributed by atoms with Gasteiger partial charge in [0.1, 0.15) is 0 Å². The fraction of sp³-hybridized carbons (Fsp3) is 0.364. The van der Waals surface area contributed by atoms with Gasteiger partial charge in [-0.1, -0.05) is 35.3 Å². The van der Waals surface area contributed by atoms with E-state index in [0.717, 1.165) is 37.1 Å². The second kappa shape index (κ2) is 8.55. The van der Waals surface area contributed by atoms with Gasteiger partial charge in [0.05, 0.1) is 34.2 Å². The molecule has 0 unspecified atom stereocenters. The van der Waals surface area contributed by atoms with Crippen molar-refractivity contribution in [1.29, 1.82) is 0 Å². The lowest BCUT2D eigenvalue weighted by Crippen LogP contribution is -2.43. The van der Waals surface area contributed by atoms with Gasteiger partial charge in [0.25, 0.3) is 5.91 Å². The van der Waals surface area contributed by atoms with Gasteiger partial charge in [-0.05, 0) is 48.2 Å². The smallest absolute Gasteiger partial charge is 0.304 e. The first-order chi connectivity index (χ1) is 14.4. The number of rotatable bonds is 5. The number of hydrogen-bond acceptors (Lipinski definition) is 4. The number of ether oxygens (including phenoxy) is 1. The Labute approximate surface area is 184 Å². The van der Waals surface area contributed by atoms with Gasteiger partial charge >= 0.3 is 5.97 Å². The highest BCUT2D eigenvalue weighted by Gasteiger charge is 2.42. The van der Waals surface area contributed by atoms with Gasteiger partial charge in [0.2, 0.25) is 0 Å². The lowest BCUT2D eigenvalue weighted by atomic mass is 9.83. The molecule has 6 nitrogen and oxygen atoms in total. The van der Waals surface area contributed by atoms with Crippen LogP contribution in [0.4, 0.5) is 5.69 Å². The number of hydrogen-bond donors (Lipinski definition) is 2. The number of nitrogens with zero attached hydrogens (tertiary/aromatic N) is 1. The molecule has 1 fully saturated rings. The van der Waals surface area contributed by atoms with E-state index in [-0.39, 0.29) is 23.5 Å². The molecule has 0 aromatic heterocycles. The largest absolute Gasteiger partial charge is 0.481 e. The second-order valence-electron chi connectivity index (χ2n) is 7.69. The highest BCUT2D eigenvalue weighted by atomic mass is 35.5. The van der Waals surface area contributed by atoms with Crippen molar-refractivity contribution in [2.24, 2.45) is 0 Å². The number of likely N-dealkylation sites (tertiary alicyclic amines) is 1. The summed E-state index contributed by atoms with van der Waals surface area (Å²) in [6, 6.07) is 10.8. The SMILES string of the molecule is O=C(O)CCN1CCC2(CC1)OCc1cc(NC(=O)c3c(Cl)cccc3Cl)ccc12. The molecule has 1 saturated heterocycles. The van der Waals surface area contributed by atoms with Crippen LogP contribution in [0.2, 0.25) is 10.0 Å². The van der Waals surface area contributed by atoms with Crippen molar-refractivity contribution >= 4 is 40.8 Å². The van der Waals surface area contributed by atoms with Crippen LogP contribution >= 0.6 is 23.2 Å². The Balaban J connectivity index is 1.46. The lowest BCUT2D eigenvalue weighted by molar-refractivity contribution is -0.137. The Morgan fingerprint density at radius 1 is 1.13 bits per heavy atom. The number of benzene rings is 2. The Bertz CT molecular complexity index is 967. The Morgan fingerprint density at radius 3 is 2.50 bits per heavy atom. The van der Waals surface area contributed by atoms with Crippen LogP contribution < -0.4 is 5.32 Å². The number of carboxylic acids is 1. The van der Waals surface area contributed by atoms with Crippen LogP contribution in [0.15, 0.2) is 36.4 Å². The van der Waals surface area contributed by atoms with Crippen LogP contribution in [0.5, 0.6) is 0 Å². The van der Waals surface area contributed by atoms with Gasteiger partial charge in [-0.2, -0.15) is 0 Å². The molecule has 1 spiro atoms. The van der Waals surface area contributed by atoms with E-state index in [2.05, 4.69) is 10.2 Å². The molecule has 2 heterocycles. The minimum absolute atomic E-state index is 0.156. The zero-order chi connectivity index (χ0) is 21.3. The highest BCUT2D eigenvalue weighted by Crippen LogP contribution is 2.45. The standard InChI is InChI=1S/C22H22Cl2N2O4/c23-17-2-1-3-18(24)20(17)21(29)25-15-4-5-16-14(12-15)13-30-22(16)7-10-26(11-8-22)9-6-19(27)28/h1-5,12H,6-11,13H2,(H,25,29)(H,27,28). The first-order valence-electron chi connectivity index (χ1n) is 9.85. The van der Waals surface area contributed by atoms with E-state index in [0.29, 0.717) is 28.9 Å². The van der Waals surface area contributed by atoms with Gasteiger partial charge in [-0.25, -0.2) is 0 Å². The number of carboxylic acid groups (broad SMARTS) is 1. The molecule has 8 heteroatoms. The van der Waals surface area contributed by atoms with Crippen LogP contribution in [-0.4, -0.2) is 41.5 Å². The van der Waals surface area contributed by atoms with Gasteiger partial charge in [-0.3, -0.25) is 9.59 Å². The van der Waals surface area contributed by atoms with E-state index in [1.54, 1.807) is 18.2 Å². The van der Waals surface area contributed by atoms with Crippen LogP contribution in [0.3, 0.4) is 0 Å². The topological polar surface area (TPSA) is 78.9 Å². The van der Waals surface area contributed by atoms with E-state index in [1.165, 1.54) is 0 Å². The van der Waals surface area contributed by atoms with Crippen LogP contribution in [-0.2, 0) is 21.7 Å². The van der Waals surface area contributed by atoms with E-state index in [4.69, 9.17) is 33.0 Å². The Hall–Kier alpha value is -2.12. The molecule has 158 valence electrons. The average molecular weight is 449 g/mol. The van der Waals surface area contributed by atoms with E-state index >= 15 is 0 Å². The molecule has 2 N–H and O–H groups in total. The fourth-order valence-electron chi connectivity index (χ4n) is 4.24. The fourth-order valence-corrected chi connectivity index (χ4v) is 4.81. The summed E-state index contributed by atoms with van der Waals surface area (Å²) in [7, 11) is 0. The van der Waals surface area contributed by atoms with Gasteiger partial charge < -0.3 is 20.1 Å². The molecular formula is C22H22Cl2N2O4. The van der Waals surface area contributed by atoms with Crippen molar-refractivity contribution in [2.75, 3.05) is 25.0 Å². The minimum Gasteiger partial charge on any atom is -0.481 e. The molecule has 2 aromatic rings. The van der Waals surface area contributed by atoms with E-state index in [9.17, 15) is 9.59 Å². The van der Waals surface area contributed by atoms with E-state index in [1.807, 2.05) is 18.2 Å². The number of anilines is 1. The molecule has 2 aliphatic rings. The van der Waals surface area contributed by atoms with Gasteiger partial charge in [0.15, 0.2) is 0 Å². The maximum Gasteiger partial charge on any atom is 0.304 e. The third kappa shape index (κ3) is 4.18. The quantitative estimate of drug-likeness (QED) is 0.701. The summed E-state index contributed by atoms with van der Waals surface area (Å²) < 4.78 is 6.21. The summed E-state index contributed by atoms with van der Waals surface area (Å²) >= 11 is 12.3. The molecule has 2 aliphatic heterocycles. The summed E-state index contributed by atoms with van der Waals surface area (Å²) in [4.78, 5) is 25.6. The number of nitrogens with one attached hydrogen (secondary N) is 1.